The van der Waals surface area contributed by atoms with Gasteiger partial charge in [-0.1, -0.05) is 12.1 Å². The molecule has 1 aliphatic rings. The Balaban J connectivity index is 1.68. The monoisotopic (exact) mass is 410 g/mol. The van der Waals surface area contributed by atoms with Crippen LogP contribution in [0.1, 0.15) is 41.1 Å². The molecule has 0 saturated heterocycles. The van der Waals surface area contributed by atoms with E-state index in [4.69, 9.17) is 4.74 Å². The van der Waals surface area contributed by atoms with Gasteiger partial charge >= 0.3 is 0 Å². The van der Waals surface area contributed by atoms with Gasteiger partial charge in [-0.2, -0.15) is 0 Å². The van der Waals surface area contributed by atoms with Crippen LogP contribution in [0.2, 0.25) is 0 Å². The maximum Gasteiger partial charge on any atom is 0.265 e. The highest BCUT2D eigenvalue weighted by atomic mass is 32.1. The van der Waals surface area contributed by atoms with Crippen LogP contribution in [0.15, 0.2) is 40.5 Å². The molecule has 0 saturated carbocycles. The number of fused-ring (bicyclic) bond motifs is 3. The number of anilines is 1. The van der Waals surface area contributed by atoms with Crippen LogP contribution < -0.4 is 15.6 Å². The number of hydrogen-bond acceptors (Lipinski definition) is 6. The smallest absolute Gasteiger partial charge is 0.265 e. The number of Topliss-reactive ketones (excluding diaryl/α,β-unsaturated/α-hetero) is 2. The summed E-state index contributed by atoms with van der Waals surface area (Å²) in [6.07, 6.45) is -0.692. The van der Waals surface area contributed by atoms with E-state index in [0.29, 0.717) is 22.3 Å². The summed E-state index contributed by atoms with van der Waals surface area (Å²) in [5.74, 6) is -0.565. The van der Waals surface area contributed by atoms with Crippen molar-refractivity contribution < 1.29 is 19.1 Å². The zero-order valence-corrected chi connectivity index (χ0v) is 16.7. The molecule has 0 spiro atoms. The van der Waals surface area contributed by atoms with Crippen molar-refractivity contribution in [3.63, 3.8) is 0 Å². The molecule has 1 aliphatic heterocycles. The van der Waals surface area contributed by atoms with Crippen LogP contribution in [0.3, 0.4) is 0 Å². The number of carbonyl (C=O) groups excluding carboxylic acids is 3. The average Bonchev–Trinajstić information content (AvgIpc) is 3.13. The SMILES string of the molecule is CC(=O)CC(=O)Nc1csc(C2CC(=O)c3c(c4ccccc4n(C)c3=O)O2)c1. The lowest BCUT2D eigenvalue weighted by Crippen LogP contribution is -2.31. The van der Waals surface area contributed by atoms with Gasteiger partial charge in [0, 0.05) is 22.7 Å². The lowest BCUT2D eigenvalue weighted by molar-refractivity contribution is -0.124. The summed E-state index contributed by atoms with van der Waals surface area (Å²) in [6, 6.07) is 9.02. The molecule has 4 rings (SSSR count). The quantitative estimate of drug-likeness (QED) is 0.667. The second-order valence-electron chi connectivity index (χ2n) is 6.98. The average molecular weight is 410 g/mol. The first-order chi connectivity index (χ1) is 13.8. The Morgan fingerprint density at radius 1 is 1.28 bits per heavy atom. The van der Waals surface area contributed by atoms with Gasteiger partial charge in [0.15, 0.2) is 5.78 Å². The van der Waals surface area contributed by atoms with Crippen LogP contribution in [0.5, 0.6) is 5.75 Å². The second kappa shape index (κ2) is 7.29. The lowest BCUT2D eigenvalue weighted by atomic mass is 9.98. The van der Waals surface area contributed by atoms with E-state index in [9.17, 15) is 19.2 Å². The Morgan fingerprint density at radius 3 is 2.79 bits per heavy atom. The molecule has 0 fully saturated rings. The third-order valence-corrected chi connectivity index (χ3v) is 5.82. The number of rotatable bonds is 4. The number of aromatic nitrogens is 1. The van der Waals surface area contributed by atoms with E-state index in [1.165, 1.54) is 22.8 Å². The molecule has 0 bridgehead atoms. The highest BCUT2D eigenvalue weighted by Gasteiger charge is 2.33. The minimum atomic E-state index is -0.547. The first-order valence-electron chi connectivity index (χ1n) is 9.04. The van der Waals surface area contributed by atoms with Gasteiger partial charge in [0.05, 0.1) is 24.0 Å². The molecule has 8 heteroatoms. The Hall–Kier alpha value is -3.26. The molecule has 2 aromatic heterocycles. The highest BCUT2D eigenvalue weighted by Crippen LogP contribution is 2.40. The van der Waals surface area contributed by atoms with E-state index in [1.54, 1.807) is 18.5 Å². The summed E-state index contributed by atoms with van der Waals surface area (Å²) in [7, 11) is 1.64. The van der Waals surface area contributed by atoms with Gasteiger partial charge in [-0.15, -0.1) is 11.3 Å². The van der Waals surface area contributed by atoms with Crippen molar-refractivity contribution in [2.75, 3.05) is 5.32 Å². The van der Waals surface area contributed by atoms with Gasteiger partial charge in [0.2, 0.25) is 5.91 Å². The molecule has 29 heavy (non-hydrogen) atoms. The third-order valence-electron chi connectivity index (χ3n) is 4.80. The molecule has 1 unspecified atom stereocenters. The topological polar surface area (TPSA) is 94.5 Å². The molecule has 1 aromatic carbocycles. The molecule has 0 aliphatic carbocycles. The van der Waals surface area contributed by atoms with Crippen LogP contribution in [-0.2, 0) is 16.6 Å². The van der Waals surface area contributed by atoms with Crippen molar-refractivity contribution in [2.45, 2.75) is 25.9 Å². The van der Waals surface area contributed by atoms with Crippen LogP contribution in [0, 0.1) is 0 Å². The maximum atomic E-state index is 12.8. The number of para-hydroxylation sites is 1. The Kier molecular flexibility index (Phi) is 4.79. The summed E-state index contributed by atoms with van der Waals surface area (Å²) in [4.78, 5) is 49.1. The van der Waals surface area contributed by atoms with Gasteiger partial charge in [-0.3, -0.25) is 19.2 Å². The fourth-order valence-corrected chi connectivity index (χ4v) is 4.34. The summed E-state index contributed by atoms with van der Waals surface area (Å²) in [5, 5.41) is 5.10. The number of benzene rings is 1. The zero-order valence-electron chi connectivity index (χ0n) is 15.9. The minimum Gasteiger partial charge on any atom is -0.483 e. The van der Waals surface area contributed by atoms with Gasteiger partial charge in [-0.05, 0) is 25.1 Å². The summed E-state index contributed by atoms with van der Waals surface area (Å²) in [6.45, 7) is 1.35. The zero-order chi connectivity index (χ0) is 20.7. The predicted octanol–water partition coefficient (Wildman–Crippen LogP) is 3.22. The van der Waals surface area contributed by atoms with E-state index in [1.807, 2.05) is 24.3 Å². The number of pyridine rings is 1. The number of ether oxygens (including phenoxy) is 1. The third kappa shape index (κ3) is 3.47. The van der Waals surface area contributed by atoms with Crippen molar-refractivity contribution in [3.8, 4) is 5.75 Å². The Labute approximate surface area is 169 Å². The molecule has 3 heterocycles. The summed E-state index contributed by atoms with van der Waals surface area (Å²) >= 11 is 1.35. The van der Waals surface area contributed by atoms with Crippen LogP contribution >= 0.6 is 11.3 Å². The van der Waals surface area contributed by atoms with E-state index in [0.717, 1.165) is 4.88 Å². The van der Waals surface area contributed by atoms with Gasteiger partial charge in [-0.25, -0.2) is 0 Å². The van der Waals surface area contributed by atoms with Crippen molar-refractivity contribution in [3.05, 3.63) is 56.5 Å². The van der Waals surface area contributed by atoms with Gasteiger partial charge in [0.25, 0.3) is 5.56 Å². The number of thiophene rings is 1. The fraction of sp³-hybridized carbons (Fsp3) is 0.238. The number of ketones is 2. The molecule has 148 valence electrons. The van der Waals surface area contributed by atoms with Crippen molar-refractivity contribution in [1.29, 1.82) is 0 Å². The first-order valence-corrected chi connectivity index (χ1v) is 9.92. The highest BCUT2D eigenvalue weighted by molar-refractivity contribution is 7.10. The van der Waals surface area contributed by atoms with Crippen LogP contribution in [0.25, 0.3) is 10.9 Å². The lowest BCUT2D eigenvalue weighted by Gasteiger charge is -2.26. The van der Waals surface area contributed by atoms with E-state index < -0.39 is 6.10 Å². The number of aryl methyl sites for hydroxylation is 1. The maximum absolute atomic E-state index is 12.8. The molecule has 0 radical (unpaired) electrons. The summed E-state index contributed by atoms with van der Waals surface area (Å²) < 4.78 is 7.59. The molecule has 1 N–H and O–H groups in total. The summed E-state index contributed by atoms with van der Waals surface area (Å²) in [5.41, 5.74) is 0.944. The number of hydrogen-bond donors (Lipinski definition) is 1. The van der Waals surface area contributed by atoms with Crippen molar-refractivity contribution in [2.24, 2.45) is 7.05 Å². The molecule has 3 aromatic rings. The first kappa shape index (κ1) is 19.1. The molecule has 7 nitrogen and oxygen atoms in total. The Morgan fingerprint density at radius 2 is 2.03 bits per heavy atom. The Bertz CT molecular complexity index is 1220. The number of nitrogens with zero attached hydrogens (tertiary/aromatic N) is 1. The fourth-order valence-electron chi connectivity index (χ4n) is 3.47. The standard InChI is InChI=1S/C21H18N2O5S/c1-11(24)7-18(26)22-12-8-17(29-10-12)16-9-15(25)19-20(28-16)13-5-3-4-6-14(13)23(2)21(19)27/h3-6,8,10,16H,7,9H2,1-2H3,(H,22,26). The van der Waals surface area contributed by atoms with Crippen molar-refractivity contribution in [1.82, 2.24) is 4.57 Å². The van der Waals surface area contributed by atoms with Crippen LogP contribution in [-0.4, -0.2) is 22.0 Å². The number of carbonyl (C=O) groups is 3. The molecular formula is C21H18N2O5S. The predicted molar refractivity (Wildman–Crippen MR) is 110 cm³/mol. The molecule has 1 atom stereocenters. The van der Waals surface area contributed by atoms with Gasteiger partial charge in [0.1, 0.15) is 23.2 Å². The second-order valence-corrected chi connectivity index (χ2v) is 7.93. The van der Waals surface area contributed by atoms with Crippen LogP contribution in [0.4, 0.5) is 5.69 Å². The molecule has 1 amide bonds. The number of nitrogens with one attached hydrogen (secondary N) is 1. The van der Waals surface area contributed by atoms with E-state index in [-0.39, 0.29) is 41.4 Å². The number of amides is 1. The normalized spacial score (nSPS) is 15.7. The van der Waals surface area contributed by atoms with Crippen molar-refractivity contribution >= 4 is 45.4 Å². The van der Waals surface area contributed by atoms with E-state index in [2.05, 4.69) is 5.32 Å². The van der Waals surface area contributed by atoms with E-state index >= 15 is 0 Å². The molecular weight excluding hydrogens is 392 g/mol. The largest absolute Gasteiger partial charge is 0.483 e. The van der Waals surface area contributed by atoms with Gasteiger partial charge < -0.3 is 14.6 Å². The minimum absolute atomic E-state index is 0.0436.